The minimum Gasteiger partial charge on any atom is -0.298 e. The summed E-state index contributed by atoms with van der Waals surface area (Å²) in [4.78, 5) is 25.2. The fourth-order valence-corrected chi connectivity index (χ4v) is 2.85. The summed E-state index contributed by atoms with van der Waals surface area (Å²) in [7, 11) is 1.97. The van der Waals surface area contributed by atoms with Crippen molar-refractivity contribution in [3.8, 4) is 0 Å². The zero-order valence-corrected chi connectivity index (χ0v) is 13.9. The first kappa shape index (κ1) is 16.8. The van der Waals surface area contributed by atoms with Crippen LogP contribution in [0.2, 0.25) is 0 Å². The number of nitro benzene ring substituents is 1. The van der Waals surface area contributed by atoms with Gasteiger partial charge in [0.05, 0.1) is 4.92 Å². The summed E-state index contributed by atoms with van der Waals surface area (Å²) in [5.74, 6) is 0.0281. The molecule has 1 saturated heterocycles. The summed E-state index contributed by atoms with van der Waals surface area (Å²) >= 11 is 0. The van der Waals surface area contributed by atoms with Crippen molar-refractivity contribution in [1.82, 2.24) is 4.90 Å². The molecule has 0 N–H and O–H groups in total. The molecular weight excluding hydrogens is 316 g/mol. The van der Waals surface area contributed by atoms with Crippen LogP contribution in [0.15, 0.2) is 65.7 Å². The number of rotatable bonds is 3. The molecule has 3 rings (SSSR count). The van der Waals surface area contributed by atoms with E-state index in [-0.39, 0.29) is 11.5 Å². The molecule has 5 nitrogen and oxygen atoms in total. The molecule has 0 saturated carbocycles. The average Bonchev–Trinajstić information content (AvgIpc) is 2.60. The Morgan fingerprint density at radius 1 is 0.920 bits per heavy atom. The third-order valence-corrected chi connectivity index (χ3v) is 4.05. The van der Waals surface area contributed by atoms with Crippen LogP contribution >= 0.6 is 0 Å². The summed E-state index contributed by atoms with van der Waals surface area (Å²) in [6.45, 7) is 1.16. The number of ketones is 1. The molecule has 25 heavy (non-hydrogen) atoms. The van der Waals surface area contributed by atoms with Gasteiger partial charge in [-0.25, -0.2) is 0 Å². The molecule has 0 bridgehead atoms. The highest BCUT2D eigenvalue weighted by atomic mass is 16.6. The molecule has 0 radical (unpaired) electrons. The third kappa shape index (κ3) is 4.08. The molecule has 2 aromatic rings. The number of hydrogen-bond donors (Lipinski definition) is 0. The van der Waals surface area contributed by atoms with Crippen molar-refractivity contribution in [2.75, 3.05) is 20.1 Å². The number of benzene rings is 2. The highest BCUT2D eigenvalue weighted by Gasteiger charge is 2.23. The lowest BCUT2D eigenvalue weighted by molar-refractivity contribution is -0.384. The van der Waals surface area contributed by atoms with Gasteiger partial charge in [-0.1, -0.05) is 30.3 Å². The first-order chi connectivity index (χ1) is 12.0. The number of likely N-dealkylation sites (tertiary alicyclic amines) is 1. The first-order valence-electron chi connectivity index (χ1n) is 7.97. The Morgan fingerprint density at radius 3 is 1.96 bits per heavy atom. The van der Waals surface area contributed by atoms with Crippen molar-refractivity contribution < 1.29 is 9.72 Å². The highest BCUT2D eigenvalue weighted by molar-refractivity contribution is 6.14. The Morgan fingerprint density at radius 2 is 1.44 bits per heavy atom. The molecule has 1 heterocycles. The normalized spacial score (nSPS) is 18.7. The molecule has 0 aromatic heterocycles. The SMILES string of the molecule is CN1C/C(=C\c2ccccc2)C(=O)/C(=C/c2ccc([N+](=O)[O-])cc2)C1. The maximum absolute atomic E-state index is 12.8. The topological polar surface area (TPSA) is 63.5 Å². The van der Waals surface area contributed by atoms with Crippen LogP contribution in [-0.4, -0.2) is 35.7 Å². The van der Waals surface area contributed by atoms with Crippen LogP contribution in [0.4, 0.5) is 5.69 Å². The second kappa shape index (κ2) is 7.23. The van der Waals surface area contributed by atoms with Crippen LogP contribution < -0.4 is 0 Å². The van der Waals surface area contributed by atoms with Gasteiger partial charge >= 0.3 is 0 Å². The van der Waals surface area contributed by atoms with E-state index in [2.05, 4.69) is 4.90 Å². The maximum atomic E-state index is 12.8. The standard InChI is InChI=1S/C20H18N2O3/c1-21-13-17(11-15-5-3-2-4-6-15)20(23)18(14-21)12-16-7-9-19(10-8-16)22(24)25/h2-12H,13-14H2,1H3/b17-11+,18-12+. The van der Waals surface area contributed by atoms with Gasteiger partial charge in [0.1, 0.15) is 0 Å². The number of nitrogens with zero attached hydrogens (tertiary/aromatic N) is 2. The van der Waals surface area contributed by atoms with Crippen molar-refractivity contribution in [2.24, 2.45) is 0 Å². The van der Waals surface area contributed by atoms with Crippen LogP contribution in [-0.2, 0) is 4.79 Å². The van der Waals surface area contributed by atoms with E-state index < -0.39 is 4.92 Å². The van der Waals surface area contributed by atoms with E-state index in [4.69, 9.17) is 0 Å². The molecule has 0 spiro atoms. The van der Waals surface area contributed by atoms with Gasteiger partial charge in [0.15, 0.2) is 5.78 Å². The number of non-ortho nitro benzene ring substituents is 1. The van der Waals surface area contributed by atoms with Gasteiger partial charge in [-0.2, -0.15) is 0 Å². The van der Waals surface area contributed by atoms with Crippen LogP contribution in [0, 0.1) is 10.1 Å². The lowest BCUT2D eigenvalue weighted by Gasteiger charge is -2.26. The van der Waals surface area contributed by atoms with Gasteiger partial charge in [-0.15, -0.1) is 0 Å². The van der Waals surface area contributed by atoms with E-state index in [1.807, 2.05) is 43.5 Å². The van der Waals surface area contributed by atoms with Crippen molar-refractivity contribution in [3.05, 3.63) is 87.0 Å². The van der Waals surface area contributed by atoms with E-state index in [0.717, 1.165) is 16.7 Å². The number of Topliss-reactive ketones (excluding diaryl/α,β-unsaturated/α-hetero) is 1. The van der Waals surface area contributed by atoms with E-state index in [1.165, 1.54) is 12.1 Å². The molecule has 0 atom stereocenters. The lowest BCUT2D eigenvalue weighted by Crippen LogP contribution is -2.34. The number of carbonyl (C=O) groups is 1. The monoisotopic (exact) mass is 334 g/mol. The highest BCUT2D eigenvalue weighted by Crippen LogP contribution is 2.22. The largest absolute Gasteiger partial charge is 0.298 e. The maximum Gasteiger partial charge on any atom is 0.269 e. The van der Waals surface area contributed by atoms with E-state index in [0.29, 0.717) is 18.7 Å². The summed E-state index contributed by atoms with van der Waals surface area (Å²) in [6, 6.07) is 16.0. The minimum atomic E-state index is -0.433. The summed E-state index contributed by atoms with van der Waals surface area (Å²) in [5.41, 5.74) is 3.25. The van der Waals surface area contributed by atoms with E-state index >= 15 is 0 Å². The van der Waals surface area contributed by atoms with Crippen molar-refractivity contribution in [3.63, 3.8) is 0 Å². The molecule has 0 amide bonds. The molecule has 0 aliphatic carbocycles. The zero-order chi connectivity index (χ0) is 17.8. The van der Waals surface area contributed by atoms with Crippen molar-refractivity contribution in [1.29, 1.82) is 0 Å². The zero-order valence-electron chi connectivity index (χ0n) is 13.9. The van der Waals surface area contributed by atoms with E-state index in [1.54, 1.807) is 18.2 Å². The second-order valence-electron chi connectivity index (χ2n) is 6.10. The Hall–Kier alpha value is -3.05. The van der Waals surface area contributed by atoms with Gasteiger partial charge < -0.3 is 0 Å². The van der Waals surface area contributed by atoms with Crippen LogP contribution in [0.3, 0.4) is 0 Å². The molecule has 0 unspecified atom stereocenters. The predicted octanol–water partition coefficient (Wildman–Crippen LogP) is 3.58. The molecule has 1 aliphatic heterocycles. The molecule has 2 aromatic carbocycles. The first-order valence-corrected chi connectivity index (χ1v) is 7.97. The fourth-order valence-electron chi connectivity index (χ4n) is 2.85. The number of carbonyl (C=O) groups excluding carboxylic acids is 1. The number of nitro groups is 1. The molecule has 126 valence electrons. The third-order valence-electron chi connectivity index (χ3n) is 4.05. The molecule has 1 aliphatic rings. The number of likely N-dealkylation sites (N-methyl/N-ethyl adjacent to an activating group) is 1. The fraction of sp³-hybridized carbons (Fsp3) is 0.150. The number of piperidine rings is 1. The van der Waals surface area contributed by atoms with Crippen LogP contribution in [0.1, 0.15) is 11.1 Å². The Balaban J connectivity index is 1.89. The van der Waals surface area contributed by atoms with Crippen molar-refractivity contribution >= 4 is 23.6 Å². The molecule has 1 fully saturated rings. The van der Waals surface area contributed by atoms with Gasteiger partial charge in [-0.05, 0) is 42.5 Å². The van der Waals surface area contributed by atoms with E-state index in [9.17, 15) is 14.9 Å². The molecule has 5 heteroatoms. The Kier molecular flexibility index (Phi) is 4.86. The predicted molar refractivity (Wildman–Crippen MR) is 98.0 cm³/mol. The summed E-state index contributed by atoms with van der Waals surface area (Å²) in [5, 5.41) is 10.7. The number of hydrogen-bond acceptors (Lipinski definition) is 4. The summed E-state index contributed by atoms with van der Waals surface area (Å²) < 4.78 is 0. The van der Waals surface area contributed by atoms with Crippen LogP contribution in [0.5, 0.6) is 0 Å². The van der Waals surface area contributed by atoms with Gasteiger partial charge in [0.25, 0.3) is 5.69 Å². The minimum absolute atomic E-state index is 0.0281. The average molecular weight is 334 g/mol. The Labute approximate surface area is 146 Å². The van der Waals surface area contributed by atoms with Gasteiger partial charge in [-0.3, -0.25) is 19.8 Å². The lowest BCUT2D eigenvalue weighted by atomic mass is 9.94. The Bertz CT molecular complexity index is 852. The van der Waals surface area contributed by atoms with Gasteiger partial charge in [0, 0.05) is 36.4 Å². The smallest absolute Gasteiger partial charge is 0.269 e. The quantitative estimate of drug-likeness (QED) is 0.489. The van der Waals surface area contributed by atoms with Crippen LogP contribution in [0.25, 0.3) is 12.2 Å². The summed E-state index contributed by atoms with van der Waals surface area (Å²) in [6.07, 6.45) is 3.72. The molecular formula is C20H18N2O3. The second-order valence-corrected chi connectivity index (χ2v) is 6.10. The van der Waals surface area contributed by atoms with Crippen molar-refractivity contribution in [2.45, 2.75) is 0 Å². The van der Waals surface area contributed by atoms with Gasteiger partial charge in [0.2, 0.25) is 0 Å².